The van der Waals surface area contributed by atoms with E-state index in [4.69, 9.17) is 9.47 Å². The molecule has 1 fully saturated rings. The molecule has 3 heteroatoms. The summed E-state index contributed by atoms with van der Waals surface area (Å²) in [6.07, 6.45) is 7.37. The Kier molecular flexibility index (Phi) is 6.09. The highest BCUT2D eigenvalue weighted by molar-refractivity contribution is 5.72. The monoisotopic (exact) mass is 290 g/mol. The minimum atomic E-state index is -0.160. The van der Waals surface area contributed by atoms with Gasteiger partial charge in [0.2, 0.25) is 0 Å². The lowest BCUT2D eigenvalue weighted by Gasteiger charge is -2.21. The fourth-order valence-corrected chi connectivity index (χ4v) is 2.93. The van der Waals surface area contributed by atoms with Gasteiger partial charge < -0.3 is 9.47 Å². The fourth-order valence-electron chi connectivity index (χ4n) is 2.93. The van der Waals surface area contributed by atoms with Gasteiger partial charge in [0.1, 0.15) is 5.75 Å². The van der Waals surface area contributed by atoms with E-state index in [0.29, 0.717) is 6.42 Å². The van der Waals surface area contributed by atoms with E-state index in [-0.39, 0.29) is 11.9 Å². The molecule has 0 bridgehead atoms. The van der Waals surface area contributed by atoms with Crippen LogP contribution in [0.1, 0.15) is 44.6 Å². The van der Waals surface area contributed by atoms with Crippen molar-refractivity contribution in [1.82, 2.24) is 0 Å². The van der Waals surface area contributed by atoms with Gasteiger partial charge in [-0.2, -0.15) is 0 Å². The minimum Gasteiger partial charge on any atom is -0.493 e. The van der Waals surface area contributed by atoms with E-state index in [1.165, 1.54) is 39.2 Å². The van der Waals surface area contributed by atoms with Gasteiger partial charge >= 0.3 is 5.97 Å². The first-order chi connectivity index (χ1) is 10.2. The van der Waals surface area contributed by atoms with Crippen LogP contribution < -0.4 is 4.74 Å². The number of hydrogen-bond acceptors (Lipinski definition) is 3. The summed E-state index contributed by atoms with van der Waals surface area (Å²) in [6.45, 7) is 2.72. The summed E-state index contributed by atoms with van der Waals surface area (Å²) >= 11 is 0. The summed E-state index contributed by atoms with van der Waals surface area (Å²) < 4.78 is 10.6. The molecule has 1 aliphatic carbocycles. The highest BCUT2D eigenvalue weighted by Gasteiger charge is 2.15. The van der Waals surface area contributed by atoms with Gasteiger partial charge in [-0.15, -0.1) is 0 Å². The van der Waals surface area contributed by atoms with Crippen LogP contribution in [-0.2, 0) is 16.0 Å². The van der Waals surface area contributed by atoms with Gasteiger partial charge in [0, 0.05) is 0 Å². The molecule has 0 unspecified atom stereocenters. The average Bonchev–Trinajstić information content (AvgIpc) is 2.54. The summed E-state index contributed by atoms with van der Waals surface area (Å²) in [5.74, 6) is 1.38. The molecule has 3 nitrogen and oxygen atoms in total. The summed E-state index contributed by atoms with van der Waals surface area (Å²) in [5, 5.41) is 0. The molecule has 0 heterocycles. The van der Waals surface area contributed by atoms with Crippen molar-refractivity contribution in [2.75, 3.05) is 13.7 Å². The maximum Gasteiger partial charge on any atom is 0.308 e. The molecule has 0 aromatic heterocycles. The maximum absolute atomic E-state index is 11.4. The van der Waals surface area contributed by atoms with E-state index in [1.807, 2.05) is 31.2 Å². The summed E-state index contributed by atoms with van der Waals surface area (Å²) in [6, 6.07) is 8.08. The predicted octanol–water partition coefficient (Wildman–Crippen LogP) is 4.00. The SMILES string of the molecule is COC(=O)[C@@H](C)Cc1ccc(OCC2CCCCC2)cc1. The van der Waals surface area contributed by atoms with Crippen LogP contribution in [0.4, 0.5) is 0 Å². The van der Waals surface area contributed by atoms with Crippen molar-refractivity contribution in [2.45, 2.75) is 45.4 Å². The molecule has 1 aliphatic rings. The third kappa shape index (κ3) is 5.07. The van der Waals surface area contributed by atoms with E-state index in [0.717, 1.165) is 23.8 Å². The molecular weight excluding hydrogens is 264 g/mol. The molecule has 2 rings (SSSR count). The van der Waals surface area contributed by atoms with Crippen molar-refractivity contribution < 1.29 is 14.3 Å². The largest absolute Gasteiger partial charge is 0.493 e. The van der Waals surface area contributed by atoms with Crippen LogP contribution in [-0.4, -0.2) is 19.7 Å². The maximum atomic E-state index is 11.4. The van der Waals surface area contributed by atoms with Gasteiger partial charge in [-0.3, -0.25) is 4.79 Å². The first-order valence-corrected chi connectivity index (χ1v) is 7.98. The van der Waals surface area contributed by atoms with Crippen molar-refractivity contribution in [3.63, 3.8) is 0 Å². The second kappa shape index (κ2) is 8.06. The number of carbonyl (C=O) groups is 1. The molecule has 0 aliphatic heterocycles. The average molecular weight is 290 g/mol. The zero-order chi connectivity index (χ0) is 15.1. The summed E-state index contributed by atoms with van der Waals surface area (Å²) in [5.41, 5.74) is 1.14. The number of methoxy groups -OCH3 is 1. The molecule has 1 aromatic carbocycles. The first-order valence-electron chi connectivity index (χ1n) is 7.98. The minimum absolute atomic E-state index is 0.107. The molecular formula is C18H26O3. The van der Waals surface area contributed by atoms with Crippen molar-refractivity contribution >= 4 is 5.97 Å². The van der Waals surface area contributed by atoms with Crippen LogP contribution >= 0.6 is 0 Å². The molecule has 116 valence electrons. The lowest BCUT2D eigenvalue weighted by Crippen LogP contribution is -2.15. The molecule has 0 saturated heterocycles. The zero-order valence-corrected chi connectivity index (χ0v) is 13.1. The van der Waals surface area contributed by atoms with Gasteiger partial charge in [0.25, 0.3) is 0 Å². The molecule has 0 N–H and O–H groups in total. The van der Waals surface area contributed by atoms with E-state index >= 15 is 0 Å². The number of esters is 1. The third-order valence-corrected chi connectivity index (χ3v) is 4.28. The summed E-state index contributed by atoms with van der Waals surface area (Å²) in [7, 11) is 1.43. The highest BCUT2D eigenvalue weighted by atomic mass is 16.5. The van der Waals surface area contributed by atoms with E-state index < -0.39 is 0 Å². The molecule has 1 atom stereocenters. The van der Waals surface area contributed by atoms with Crippen molar-refractivity contribution in [3.05, 3.63) is 29.8 Å². The van der Waals surface area contributed by atoms with Crippen molar-refractivity contribution in [3.8, 4) is 5.75 Å². The topological polar surface area (TPSA) is 35.5 Å². The van der Waals surface area contributed by atoms with E-state index in [2.05, 4.69) is 0 Å². The third-order valence-electron chi connectivity index (χ3n) is 4.28. The van der Waals surface area contributed by atoms with Gasteiger partial charge in [0.15, 0.2) is 0 Å². The molecule has 0 spiro atoms. The molecule has 21 heavy (non-hydrogen) atoms. The highest BCUT2D eigenvalue weighted by Crippen LogP contribution is 2.25. The Bertz CT molecular complexity index is 432. The lowest BCUT2D eigenvalue weighted by molar-refractivity contribution is -0.144. The van der Waals surface area contributed by atoms with Crippen LogP contribution in [0.5, 0.6) is 5.75 Å². The molecule has 0 amide bonds. The first kappa shape index (κ1) is 15.9. The molecule has 1 aromatic rings. The lowest BCUT2D eigenvalue weighted by atomic mass is 9.90. The van der Waals surface area contributed by atoms with Gasteiger partial charge in [-0.25, -0.2) is 0 Å². The van der Waals surface area contributed by atoms with Crippen molar-refractivity contribution in [2.24, 2.45) is 11.8 Å². The fraction of sp³-hybridized carbons (Fsp3) is 0.611. The number of hydrogen-bond donors (Lipinski definition) is 0. The van der Waals surface area contributed by atoms with Crippen LogP contribution in [0, 0.1) is 11.8 Å². The number of carbonyl (C=O) groups excluding carboxylic acids is 1. The number of benzene rings is 1. The number of rotatable bonds is 6. The van der Waals surface area contributed by atoms with E-state index in [1.54, 1.807) is 0 Å². The molecule has 1 saturated carbocycles. The van der Waals surface area contributed by atoms with Crippen LogP contribution in [0.3, 0.4) is 0 Å². The van der Waals surface area contributed by atoms with Crippen LogP contribution in [0.2, 0.25) is 0 Å². The van der Waals surface area contributed by atoms with Gasteiger partial charge in [0.05, 0.1) is 19.6 Å². The smallest absolute Gasteiger partial charge is 0.308 e. The van der Waals surface area contributed by atoms with Gasteiger partial charge in [-0.1, -0.05) is 38.3 Å². The van der Waals surface area contributed by atoms with Crippen LogP contribution in [0.15, 0.2) is 24.3 Å². The Balaban J connectivity index is 1.79. The second-order valence-electron chi connectivity index (χ2n) is 6.09. The molecule has 0 radical (unpaired) electrons. The summed E-state index contributed by atoms with van der Waals surface area (Å²) in [4.78, 5) is 11.4. The van der Waals surface area contributed by atoms with Crippen molar-refractivity contribution in [1.29, 1.82) is 0 Å². The Morgan fingerprint density at radius 1 is 1.19 bits per heavy atom. The van der Waals surface area contributed by atoms with Crippen LogP contribution in [0.25, 0.3) is 0 Å². The Labute approximate surface area is 127 Å². The van der Waals surface area contributed by atoms with Gasteiger partial charge in [-0.05, 0) is 42.9 Å². The Morgan fingerprint density at radius 2 is 1.86 bits per heavy atom. The standard InChI is InChI=1S/C18H26O3/c1-14(18(19)20-2)12-15-8-10-17(11-9-15)21-13-16-6-4-3-5-7-16/h8-11,14,16H,3-7,12-13H2,1-2H3/t14-/m0/s1. The predicted molar refractivity (Wildman–Crippen MR) is 83.4 cm³/mol. The van der Waals surface area contributed by atoms with E-state index in [9.17, 15) is 4.79 Å². The zero-order valence-electron chi connectivity index (χ0n) is 13.1. The normalized spacial score (nSPS) is 17.2. The second-order valence-corrected chi connectivity index (χ2v) is 6.09. The quantitative estimate of drug-likeness (QED) is 0.743. The number of ether oxygens (including phenoxy) is 2. The Morgan fingerprint density at radius 3 is 2.48 bits per heavy atom. The Hall–Kier alpha value is -1.51.